The molecule has 0 radical (unpaired) electrons. The number of nitro benzene ring substituents is 1. The molecule has 0 aliphatic heterocycles. The molecule has 25 heavy (non-hydrogen) atoms. The van der Waals surface area contributed by atoms with Gasteiger partial charge in [-0.15, -0.1) is 12.4 Å². The molecule has 2 rings (SSSR count). The monoisotopic (exact) mass is 383 g/mol. The van der Waals surface area contributed by atoms with Crippen molar-refractivity contribution in [1.82, 2.24) is 4.83 Å². The molecular weight excluding hydrogens is 366 g/mol. The summed E-state index contributed by atoms with van der Waals surface area (Å²) in [5.74, 6) is 0. The highest BCUT2D eigenvalue weighted by Crippen LogP contribution is 2.21. The number of aryl methyl sites for hydroxylation is 3. The Morgan fingerprint density at radius 1 is 1.08 bits per heavy atom. The standard InChI is InChI=1S/C16H17N3O4S.ClH/c1-11-8-12(2)16(13(3)9-11)24(22,23)18-17-10-14-4-6-15(7-5-14)19(20)21;/h4-10,18H,1-3H3;1H/b17-10+;. The van der Waals surface area contributed by atoms with Crippen LogP contribution in [0.15, 0.2) is 46.4 Å². The first-order valence-corrected chi connectivity index (χ1v) is 8.56. The van der Waals surface area contributed by atoms with Gasteiger partial charge in [-0.3, -0.25) is 10.1 Å². The molecular formula is C16H18ClN3O4S. The van der Waals surface area contributed by atoms with E-state index in [-0.39, 0.29) is 23.0 Å². The second kappa shape index (κ2) is 8.09. The molecule has 0 aliphatic carbocycles. The third-order valence-corrected chi connectivity index (χ3v) is 4.89. The highest BCUT2D eigenvalue weighted by Gasteiger charge is 2.19. The molecule has 0 heterocycles. The molecule has 0 fully saturated rings. The van der Waals surface area contributed by atoms with Gasteiger partial charge in [0, 0.05) is 12.1 Å². The summed E-state index contributed by atoms with van der Waals surface area (Å²) in [7, 11) is -3.79. The molecule has 2 aromatic carbocycles. The van der Waals surface area contributed by atoms with Crippen LogP contribution in [-0.4, -0.2) is 19.6 Å². The van der Waals surface area contributed by atoms with Crippen molar-refractivity contribution in [2.45, 2.75) is 25.7 Å². The Morgan fingerprint density at radius 2 is 1.60 bits per heavy atom. The van der Waals surface area contributed by atoms with E-state index in [4.69, 9.17) is 0 Å². The van der Waals surface area contributed by atoms with Gasteiger partial charge in [0.05, 0.1) is 16.0 Å². The third kappa shape index (κ3) is 5.01. The summed E-state index contributed by atoms with van der Waals surface area (Å²) in [4.78, 5) is 12.4. The lowest BCUT2D eigenvalue weighted by atomic mass is 10.1. The van der Waals surface area contributed by atoms with Crippen molar-refractivity contribution in [2.24, 2.45) is 5.10 Å². The average Bonchev–Trinajstić information content (AvgIpc) is 2.46. The first kappa shape index (κ1) is 20.6. The van der Waals surface area contributed by atoms with Crippen molar-refractivity contribution in [3.8, 4) is 0 Å². The Morgan fingerprint density at radius 3 is 2.08 bits per heavy atom. The van der Waals surface area contributed by atoms with Crippen molar-refractivity contribution in [3.05, 3.63) is 68.8 Å². The number of rotatable bonds is 5. The lowest BCUT2D eigenvalue weighted by Gasteiger charge is -2.11. The Kier molecular flexibility index (Phi) is 6.66. The largest absolute Gasteiger partial charge is 0.277 e. The van der Waals surface area contributed by atoms with Crippen LogP contribution in [0.4, 0.5) is 5.69 Å². The van der Waals surface area contributed by atoms with Crippen molar-refractivity contribution in [2.75, 3.05) is 0 Å². The molecule has 0 bridgehead atoms. The van der Waals surface area contributed by atoms with Crippen LogP contribution in [0.2, 0.25) is 0 Å². The fraction of sp³-hybridized carbons (Fsp3) is 0.188. The highest BCUT2D eigenvalue weighted by atomic mass is 35.5. The molecule has 1 N–H and O–H groups in total. The molecule has 0 atom stereocenters. The number of benzene rings is 2. The van der Waals surface area contributed by atoms with Crippen LogP contribution < -0.4 is 4.83 Å². The predicted octanol–water partition coefficient (Wildman–Crippen LogP) is 3.25. The van der Waals surface area contributed by atoms with Gasteiger partial charge in [-0.05, 0) is 49.6 Å². The Labute approximate surface area is 152 Å². The maximum absolute atomic E-state index is 12.4. The number of hydrogen-bond donors (Lipinski definition) is 1. The molecule has 0 aromatic heterocycles. The lowest BCUT2D eigenvalue weighted by molar-refractivity contribution is -0.384. The van der Waals surface area contributed by atoms with Crippen molar-refractivity contribution in [3.63, 3.8) is 0 Å². The number of nitro groups is 1. The van der Waals surface area contributed by atoms with Crippen molar-refractivity contribution < 1.29 is 13.3 Å². The second-order valence-corrected chi connectivity index (χ2v) is 7.03. The SMILES string of the molecule is Cc1cc(C)c(S(=O)(=O)N/N=C/c2ccc([N+](=O)[O-])cc2)c(C)c1.Cl. The van der Waals surface area contributed by atoms with Gasteiger partial charge in [-0.1, -0.05) is 17.7 Å². The minimum atomic E-state index is -3.79. The maximum atomic E-state index is 12.4. The summed E-state index contributed by atoms with van der Waals surface area (Å²) in [6.07, 6.45) is 1.29. The van der Waals surface area contributed by atoms with Gasteiger partial charge in [0.25, 0.3) is 15.7 Å². The third-order valence-electron chi connectivity index (χ3n) is 3.36. The van der Waals surface area contributed by atoms with Gasteiger partial charge in [-0.2, -0.15) is 13.5 Å². The number of nitrogens with zero attached hydrogens (tertiary/aromatic N) is 2. The van der Waals surface area contributed by atoms with Gasteiger partial charge >= 0.3 is 0 Å². The number of hydrogen-bond acceptors (Lipinski definition) is 5. The zero-order chi connectivity index (χ0) is 17.9. The summed E-state index contributed by atoms with van der Waals surface area (Å²) in [5.41, 5.74) is 2.77. The fourth-order valence-electron chi connectivity index (χ4n) is 2.49. The molecule has 0 aliphatic rings. The van der Waals surface area contributed by atoms with Gasteiger partial charge in [0.2, 0.25) is 0 Å². The van der Waals surface area contributed by atoms with Gasteiger partial charge in [0.15, 0.2) is 0 Å². The molecule has 0 saturated heterocycles. The first-order valence-electron chi connectivity index (χ1n) is 7.08. The quantitative estimate of drug-likeness (QED) is 0.486. The van der Waals surface area contributed by atoms with E-state index in [2.05, 4.69) is 9.93 Å². The zero-order valence-electron chi connectivity index (χ0n) is 13.9. The Hall–Kier alpha value is -2.45. The molecule has 134 valence electrons. The Balaban J connectivity index is 0.00000312. The van der Waals surface area contributed by atoms with E-state index in [0.717, 1.165) is 5.56 Å². The van der Waals surface area contributed by atoms with E-state index in [9.17, 15) is 18.5 Å². The molecule has 0 saturated carbocycles. The van der Waals surface area contributed by atoms with Crippen LogP contribution >= 0.6 is 12.4 Å². The van der Waals surface area contributed by atoms with Crippen LogP contribution in [0, 0.1) is 30.9 Å². The summed E-state index contributed by atoms with van der Waals surface area (Å²) in [6, 6.07) is 9.20. The molecule has 9 heteroatoms. The number of nitrogens with one attached hydrogen (secondary N) is 1. The minimum absolute atomic E-state index is 0. The van der Waals surface area contributed by atoms with Gasteiger partial charge < -0.3 is 0 Å². The summed E-state index contributed by atoms with van der Waals surface area (Å²) in [5, 5.41) is 14.3. The van der Waals surface area contributed by atoms with Crippen LogP contribution in [0.25, 0.3) is 0 Å². The normalized spacial score (nSPS) is 11.2. The number of halogens is 1. The van der Waals surface area contributed by atoms with Gasteiger partial charge in [-0.25, -0.2) is 4.83 Å². The van der Waals surface area contributed by atoms with Crippen molar-refractivity contribution >= 4 is 34.3 Å². The van der Waals surface area contributed by atoms with E-state index >= 15 is 0 Å². The number of sulfonamides is 1. The van der Waals surface area contributed by atoms with Crippen LogP contribution in [0.1, 0.15) is 22.3 Å². The van der Waals surface area contributed by atoms with Crippen LogP contribution in [-0.2, 0) is 10.0 Å². The van der Waals surface area contributed by atoms with E-state index in [0.29, 0.717) is 16.7 Å². The predicted molar refractivity (Wildman–Crippen MR) is 98.9 cm³/mol. The van der Waals surface area contributed by atoms with E-state index in [1.807, 2.05) is 6.92 Å². The van der Waals surface area contributed by atoms with E-state index < -0.39 is 14.9 Å². The fourth-order valence-corrected chi connectivity index (χ4v) is 3.74. The smallest absolute Gasteiger partial charge is 0.258 e. The minimum Gasteiger partial charge on any atom is -0.258 e. The molecule has 0 amide bonds. The maximum Gasteiger partial charge on any atom is 0.277 e. The molecule has 7 nitrogen and oxygen atoms in total. The molecule has 0 unspecified atom stereocenters. The zero-order valence-corrected chi connectivity index (χ0v) is 15.5. The first-order chi connectivity index (χ1) is 11.2. The summed E-state index contributed by atoms with van der Waals surface area (Å²) >= 11 is 0. The van der Waals surface area contributed by atoms with Crippen LogP contribution in [0.5, 0.6) is 0 Å². The summed E-state index contributed by atoms with van der Waals surface area (Å²) < 4.78 is 24.8. The molecule has 0 spiro atoms. The topological polar surface area (TPSA) is 102 Å². The average molecular weight is 384 g/mol. The van der Waals surface area contributed by atoms with Gasteiger partial charge in [0.1, 0.15) is 0 Å². The number of non-ortho nitro benzene ring substituents is 1. The number of hydrazone groups is 1. The van der Waals surface area contributed by atoms with E-state index in [1.54, 1.807) is 26.0 Å². The highest BCUT2D eigenvalue weighted by molar-refractivity contribution is 7.89. The van der Waals surface area contributed by atoms with Crippen molar-refractivity contribution in [1.29, 1.82) is 0 Å². The summed E-state index contributed by atoms with van der Waals surface area (Å²) in [6.45, 7) is 5.36. The van der Waals surface area contributed by atoms with Crippen LogP contribution in [0.3, 0.4) is 0 Å². The Bertz CT molecular complexity index is 886. The molecule has 2 aromatic rings. The second-order valence-electron chi connectivity index (χ2n) is 5.43. The lowest BCUT2D eigenvalue weighted by Crippen LogP contribution is -2.20. The van der Waals surface area contributed by atoms with E-state index in [1.165, 1.54) is 30.5 Å².